The summed E-state index contributed by atoms with van der Waals surface area (Å²) < 4.78 is 18.5. The zero-order valence-corrected chi connectivity index (χ0v) is 21.6. The van der Waals surface area contributed by atoms with Crippen molar-refractivity contribution in [3.8, 4) is 0 Å². The third kappa shape index (κ3) is 12.0. The number of piperidine rings is 1. The molecule has 0 saturated carbocycles. The molecule has 1 fully saturated rings. The molecule has 0 aromatic heterocycles. The van der Waals surface area contributed by atoms with E-state index in [1.54, 1.807) is 10.8 Å². The molecule has 1 atom stereocenters. The molecule has 0 aromatic rings. The first kappa shape index (κ1) is 27.2. The molecule has 170 valence electrons. The van der Waals surface area contributed by atoms with Crippen LogP contribution in [-0.2, 0) is 14.1 Å². The van der Waals surface area contributed by atoms with Crippen LogP contribution >= 0.6 is 50.1 Å². The topological polar surface area (TPSA) is 87.7 Å². The maximum absolute atomic E-state index is 12.8. The maximum atomic E-state index is 12.8. The average Bonchev–Trinajstić information content (AvgIpc) is 2.57. The van der Waals surface area contributed by atoms with E-state index < -0.39 is 18.1 Å². The van der Waals surface area contributed by atoms with E-state index in [0.717, 1.165) is 0 Å². The van der Waals surface area contributed by atoms with Gasteiger partial charge in [-0.3, -0.25) is 9.36 Å². The van der Waals surface area contributed by atoms with Crippen LogP contribution in [0.15, 0.2) is 0 Å². The minimum atomic E-state index is -3.30. The first-order chi connectivity index (χ1) is 13.3. The number of nitrogens with zero attached hydrogens (tertiary/aromatic N) is 1. The van der Waals surface area contributed by atoms with E-state index in [4.69, 9.17) is 27.2 Å². The highest BCUT2D eigenvalue weighted by Crippen LogP contribution is 2.60. The van der Waals surface area contributed by atoms with Gasteiger partial charge in [-0.05, 0) is 41.2 Å². The van der Waals surface area contributed by atoms with E-state index in [9.17, 15) is 14.2 Å². The van der Waals surface area contributed by atoms with Crippen LogP contribution in [-0.4, -0.2) is 59.0 Å². The molecule has 29 heavy (non-hydrogen) atoms. The van der Waals surface area contributed by atoms with E-state index in [-0.39, 0.29) is 22.6 Å². The van der Waals surface area contributed by atoms with Gasteiger partial charge in [-0.15, -0.1) is 0 Å². The highest BCUT2D eigenvalue weighted by molar-refractivity contribution is 8.77. The van der Waals surface area contributed by atoms with Crippen molar-refractivity contribution in [2.45, 2.75) is 64.3 Å². The number of amides is 2. The lowest BCUT2D eigenvalue weighted by molar-refractivity contribution is -0.123. The fourth-order valence-corrected chi connectivity index (χ4v) is 6.50. The predicted molar refractivity (Wildman–Crippen MR) is 125 cm³/mol. The standard InChI is InChI=1S/C17H32Cl2N3O4PS2/c1-12(2)10-26-16(24)21-14(11-28-29-17(3,4)5)15(23)20-13-6-8-22(9-7-13)27(18,19)25/h12-14H,6-11H2,1-5H3,(H,20,23)(H,21,24). The maximum Gasteiger partial charge on any atom is 0.407 e. The highest BCUT2D eigenvalue weighted by Gasteiger charge is 2.32. The Kier molecular flexibility index (Phi) is 11.6. The van der Waals surface area contributed by atoms with Crippen LogP contribution in [0.1, 0.15) is 47.5 Å². The van der Waals surface area contributed by atoms with Gasteiger partial charge in [0.1, 0.15) is 6.04 Å². The molecule has 1 unspecified atom stereocenters. The Bertz CT molecular complexity index is 594. The second kappa shape index (κ2) is 12.3. The van der Waals surface area contributed by atoms with Crippen LogP contribution in [0.3, 0.4) is 0 Å². The number of rotatable bonds is 9. The van der Waals surface area contributed by atoms with Gasteiger partial charge >= 0.3 is 12.1 Å². The minimum Gasteiger partial charge on any atom is -0.449 e. The summed E-state index contributed by atoms with van der Waals surface area (Å²) in [5.74, 6) is -2.93. The molecule has 7 nitrogen and oxygen atoms in total. The Morgan fingerprint density at radius 1 is 1.24 bits per heavy atom. The molecule has 1 aliphatic rings. The molecule has 0 bridgehead atoms. The van der Waals surface area contributed by atoms with Crippen LogP contribution in [0.2, 0.25) is 0 Å². The molecule has 0 spiro atoms. The van der Waals surface area contributed by atoms with Gasteiger partial charge in [0, 0.05) is 29.6 Å². The van der Waals surface area contributed by atoms with Gasteiger partial charge in [0.2, 0.25) is 5.91 Å². The quantitative estimate of drug-likeness (QED) is 0.332. The molecule has 0 aromatic carbocycles. The van der Waals surface area contributed by atoms with Gasteiger partial charge in [0.15, 0.2) is 0 Å². The van der Waals surface area contributed by atoms with Crippen molar-refractivity contribution in [2.24, 2.45) is 5.92 Å². The Hall–Kier alpha value is 0.210. The van der Waals surface area contributed by atoms with Gasteiger partial charge in [-0.25, -0.2) is 9.46 Å². The predicted octanol–water partition coefficient (Wildman–Crippen LogP) is 5.08. The van der Waals surface area contributed by atoms with Gasteiger partial charge in [-0.1, -0.05) is 56.2 Å². The Morgan fingerprint density at radius 3 is 2.31 bits per heavy atom. The number of nitrogens with one attached hydrogen (secondary N) is 2. The summed E-state index contributed by atoms with van der Waals surface area (Å²) in [5.41, 5.74) is 0. The summed E-state index contributed by atoms with van der Waals surface area (Å²) in [6.07, 6.45) is 0.577. The lowest BCUT2D eigenvalue weighted by atomic mass is 10.1. The summed E-state index contributed by atoms with van der Waals surface area (Å²) in [7, 11) is 3.19. The second-order valence-electron chi connectivity index (χ2n) is 8.34. The number of alkyl carbamates (subject to hydrolysis) is 1. The van der Waals surface area contributed by atoms with Gasteiger partial charge in [0.05, 0.1) is 6.61 Å². The Morgan fingerprint density at radius 2 is 1.83 bits per heavy atom. The van der Waals surface area contributed by atoms with Crippen molar-refractivity contribution in [1.29, 1.82) is 0 Å². The number of halogens is 2. The van der Waals surface area contributed by atoms with Crippen LogP contribution in [0.4, 0.5) is 4.79 Å². The molecule has 0 radical (unpaired) electrons. The molecule has 1 rings (SSSR count). The monoisotopic (exact) mass is 507 g/mol. The Balaban J connectivity index is 2.62. The third-order valence-corrected chi connectivity index (χ3v) is 9.54. The van der Waals surface area contributed by atoms with Crippen molar-refractivity contribution in [3.05, 3.63) is 0 Å². The van der Waals surface area contributed by atoms with Crippen LogP contribution in [0, 0.1) is 5.92 Å². The lowest BCUT2D eigenvalue weighted by Gasteiger charge is -2.33. The summed E-state index contributed by atoms with van der Waals surface area (Å²) in [6, 6.07) is -0.797. The van der Waals surface area contributed by atoms with Crippen LogP contribution in [0.25, 0.3) is 0 Å². The van der Waals surface area contributed by atoms with E-state index in [0.29, 0.717) is 38.3 Å². The summed E-state index contributed by atoms with van der Waals surface area (Å²) in [4.78, 5) is 24.9. The van der Waals surface area contributed by atoms with Gasteiger partial charge in [0.25, 0.3) is 0 Å². The zero-order chi connectivity index (χ0) is 22.2. The van der Waals surface area contributed by atoms with E-state index in [1.165, 1.54) is 15.5 Å². The fraction of sp³-hybridized carbons (Fsp3) is 0.882. The smallest absolute Gasteiger partial charge is 0.407 e. The van der Waals surface area contributed by atoms with Gasteiger partial charge < -0.3 is 15.4 Å². The Labute approximate surface area is 191 Å². The normalized spacial score (nSPS) is 17.8. The van der Waals surface area contributed by atoms with Crippen molar-refractivity contribution >= 4 is 62.1 Å². The zero-order valence-electron chi connectivity index (χ0n) is 17.6. The highest BCUT2D eigenvalue weighted by atomic mass is 35.9. The van der Waals surface area contributed by atoms with E-state index in [2.05, 4.69) is 31.4 Å². The average molecular weight is 508 g/mol. The van der Waals surface area contributed by atoms with Crippen molar-refractivity contribution in [1.82, 2.24) is 15.3 Å². The molecule has 12 heteroatoms. The third-order valence-electron chi connectivity index (χ3n) is 3.85. The van der Waals surface area contributed by atoms with Crippen molar-refractivity contribution in [2.75, 3.05) is 25.4 Å². The van der Waals surface area contributed by atoms with Crippen LogP contribution < -0.4 is 10.6 Å². The summed E-state index contributed by atoms with van der Waals surface area (Å²) in [5, 5.41) is 5.65. The number of ether oxygens (including phenoxy) is 1. The van der Waals surface area contributed by atoms with Gasteiger partial charge in [-0.2, -0.15) is 0 Å². The molecule has 1 saturated heterocycles. The molecule has 2 amide bonds. The molecule has 1 heterocycles. The molecule has 1 aliphatic heterocycles. The summed E-state index contributed by atoms with van der Waals surface area (Å²) >= 11 is 11.4. The largest absolute Gasteiger partial charge is 0.449 e. The molecule has 0 aliphatic carbocycles. The first-order valence-corrected chi connectivity index (χ1v) is 15.4. The molecular weight excluding hydrogens is 476 g/mol. The van der Waals surface area contributed by atoms with E-state index >= 15 is 0 Å². The lowest BCUT2D eigenvalue weighted by Crippen LogP contribution is -2.52. The number of hydrogen-bond donors (Lipinski definition) is 2. The molecule has 2 N–H and O–H groups in total. The number of hydrogen-bond acceptors (Lipinski definition) is 6. The summed E-state index contributed by atoms with van der Waals surface area (Å²) in [6.45, 7) is 11.3. The second-order valence-corrected chi connectivity index (χ2v) is 16.2. The van der Waals surface area contributed by atoms with Crippen molar-refractivity contribution < 1.29 is 18.9 Å². The number of carbonyl (C=O) groups is 2. The first-order valence-electron chi connectivity index (χ1n) is 9.57. The molecular formula is C17H32Cl2N3O4PS2. The number of carbonyl (C=O) groups excluding carboxylic acids is 2. The fourth-order valence-electron chi connectivity index (χ4n) is 2.43. The minimum absolute atomic E-state index is 0.0355. The van der Waals surface area contributed by atoms with Crippen LogP contribution in [0.5, 0.6) is 0 Å². The van der Waals surface area contributed by atoms with Crippen molar-refractivity contribution in [3.63, 3.8) is 0 Å². The van der Waals surface area contributed by atoms with E-state index in [1.807, 2.05) is 13.8 Å². The SMILES string of the molecule is CC(C)COC(=O)NC(CSSC(C)(C)C)C(=O)NC1CCN(P(=O)(Cl)Cl)CC1.